The smallest absolute Gasteiger partial charge is 0.0468 e. The lowest BCUT2D eigenvalue weighted by molar-refractivity contribution is 0.0605. The molecule has 0 aromatic carbocycles. The summed E-state index contributed by atoms with van der Waals surface area (Å²) in [6.45, 7) is 5.14. The maximum absolute atomic E-state index is 5.44. The fourth-order valence-corrected chi connectivity index (χ4v) is 2.55. The number of hydrogen-bond donors (Lipinski definition) is 1. The quantitative estimate of drug-likeness (QED) is 0.840. The number of aromatic nitrogens is 1. The Labute approximate surface area is 110 Å². The zero-order chi connectivity index (χ0) is 12.6. The van der Waals surface area contributed by atoms with Crippen LogP contribution in [0.15, 0.2) is 24.5 Å². The van der Waals surface area contributed by atoms with E-state index in [1.165, 1.54) is 31.2 Å². The van der Waals surface area contributed by atoms with Gasteiger partial charge in [0.15, 0.2) is 0 Å². The minimum absolute atomic E-state index is 0.446. The predicted octanol–water partition coefficient (Wildman–Crippen LogP) is 2.94. The maximum atomic E-state index is 5.44. The van der Waals surface area contributed by atoms with Crippen LogP contribution in [0, 0.1) is 5.92 Å². The van der Waals surface area contributed by atoms with E-state index < -0.39 is 0 Å². The highest BCUT2D eigenvalue weighted by Gasteiger charge is 2.20. The summed E-state index contributed by atoms with van der Waals surface area (Å²) >= 11 is 0. The van der Waals surface area contributed by atoms with E-state index in [1.54, 1.807) is 0 Å². The van der Waals surface area contributed by atoms with Crippen LogP contribution in [0.5, 0.6) is 0 Å². The highest BCUT2D eigenvalue weighted by Crippen LogP contribution is 2.27. The highest BCUT2D eigenvalue weighted by atomic mass is 16.5. The average molecular weight is 248 g/mol. The number of nitrogens with zero attached hydrogens (tertiary/aromatic N) is 1. The predicted molar refractivity (Wildman–Crippen MR) is 73.4 cm³/mol. The molecule has 1 aliphatic heterocycles. The van der Waals surface area contributed by atoms with Gasteiger partial charge in [-0.3, -0.25) is 4.98 Å². The molecule has 0 aliphatic carbocycles. The fourth-order valence-electron chi connectivity index (χ4n) is 2.55. The van der Waals surface area contributed by atoms with Crippen LogP contribution in [-0.4, -0.2) is 24.7 Å². The van der Waals surface area contributed by atoms with E-state index in [1.807, 2.05) is 18.5 Å². The van der Waals surface area contributed by atoms with Crippen molar-refractivity contribution in [3.63, 3.8) is 0 Å². The van der Waals surface area contributed by atoms with E-state index in [0.717, 1.165) is 25.7 Å². The van der Waals surface area contributed by atoms with Crippen LogP contribution in [0.2, 0.25) is 0 Å². The van der Waals surface area contributed by atoms with Crippen LogP contribution in [0.3, 0.4) is 0 Å². The van der Waals surface area contributed by atoms with Crippen LogP contribution in [-0.2, 0) is 4.74 Å². The molecule has 3 heteroatoms. The molecule has 1 unspecified atom stereocenters. The van der Waals surface area contributed by atoms with Crippen molar-refractivity contribution in [3.05, 3.63) is 30.1 Å². The largest absolute Gasteiger partial charge is 0.381 e. The van der Waals surface area contributed by atoms with Crippen LogP contribution >= 0.6 is 0 Å². The molecular formula is C15H24N2O. The third-order valence-corrected chi connectivity index (χ3v) is 3.64. The van der Waals surface area contributed by atoms with Gasteiger partial charge in [0.2, 0.25) is 0 Å². The zero-order valence-electron chi connectivity index (χ0n) is 11.3. The van der Waals surface area contributed by atoms with E-state index >= 15 is 0 Å². The van der Waals surface area contributed by atoms with Crippen LogP contribution in [0.4, 0.5) is 0 Å². The Kier molecular flexibility index (Phi) is 5.62. The molecule has 18 heavy (non-hydrogen) atoms. The van der Waals surface area contributed by atoms with Crippen molar-refractivity contribution in [1.82, 2.24) is 10.3 Å². The third-order valence-electron chi connectivity index (χ3n) is 3.64. The van der Waals surface area contributed by atoms with Gasteiger partial charge in [0.25, 0.3) is 0 Å². The maximum Gasteiger partial charge on any atom is 0.0468 e. The summed E-state index contributed by atoms with van der Waals surface area (Å²) in [6.07, 6.45) is 8.61. The van der Waals surface area contributed by atoms with Gasteiger partial charge < -0.3 is 10.1 Å². The van der Waals surface area contributed by atoms with Crippen molar-refractivity contribution >= 4 is 0 Å². The number of nitrogens with one attached hydrogen (secondary N) is 1. The first-order valence-corrected chi connectivity index (χ1v) is 7.11. The molecule has 0 spiro atoms. The Morgan fingerprint density at radius 1 is 1.44 bits per heavy atom. The number of rotatable bonds is 6. The number of ether oxygens (including phenoxy) is 1. The molecule has 1 saturated heterocycles. The van der Waals surface area contributed by atoms with E-state index in [9.17, 15) is 0 Å². The molecule has 1 aromatic heterocycles. The average Bonchev–Trinajstić information content (AvgIpc) is 2.45. The number of pyridine rings is 1. The normalized spacial score (nSPS) is 18.7. The lowest BCUT2D eigenvalue weighted by Crippen LogP contribution is -2.27. The first kappa shape index (κ1) is 13.5. The minimum Gasteiger partial charge on any atom is -0.381 e. The Balaban J connectivity index is 1.95. The van der Waals surface area contributed by atoms with Gasteiger partial charge in [-0.2, -0.15) is 0 Å². The van der Waals surface area contributed by atoms with Gasteiger partial charge in [-0.15, -0.1) is 0 Å². The Morgan fingerprint density at radius 2 is 2.28 bits per heavy atom. The molecule has 0 amide bonds. The van der Waals surface area contributed by atoms with Crippen molar-refractivity contribution in [1.29, 1.82) is 0 Å². The lowest BCUT2D eigenvalue weighted by atomic mass is 9.90. The molecule has 1 aliphatic rings. The Morgan fingerprint density at radius 3 is 2.94 bits per heavy atom. The number of hydrogen-bond acceptors (Lipinski definition) is 3. The molecule has 1 aromatic rings. The molecule has 0 saturated carbocycles. The van der Waals surface area contributed by atoms with Crippen molar-refractivity contribution < 1.29 is 4.74 Å². The van der Waals surface area contributed by atoms with Gasteiger partial charge >= 0.3 is 0 Å². The van der Waals surface area contributed by atoms with Gasteiger partial charge in [0.1, 0.15) is 0 Å². The second kappa shape index (κ2) is 7.49. The molecule has 2 heterocycles. The van der Waals surface area contributed by atoms with Crippen molar-refractivity contribution in [2.24, 2.45) is 5.92 Å². The van der Waals surface area contributed by atoms with Gasteiger partial charge in [0, 0.05) is 31.6 Å². The first-order chi connectivity index (χ1) is 8.90. The van der Waals surface area contributed by atoms with Crippen molar-refractivity contribution in [2.75, 3.05) is 19.8 Å². The Hall–Kier alpha value is -0.930. The summed E-state index contributed by atoms with van der Waals surface area (Å²) in [7, 11) is 0. The van der Waals surface area contributed by atoms with E-state index in [0.29, 0.717) is 6.04 Å². The van der Waals surface area contributed by atoms with Crippen molar-refractivity contribution in [3.8, 4) is 0 Å². The van der Waals surface area contributed by atoms with Crippen LogP contribution < -0.4 is 5.32 Å². The summed E-state index contributed by atoms with van der Waals surface area (Å²) in [4.78, 5) is 4.24. The van der Waals surface area contributed by atoms with Gasteiger partial charge in [-0.25, -0.2) is 0 Å². The molecular weight excluding hydrogens is 224 g/mol. The lowest BCUT2D eigenvalue weighted by Gasteiger charge is -2.27. The van der Waals surface area contributed by atoms with E-state index in [-0.39, 0.29) is 0 Å². The fraction of sp³-hybridized carbons (Fsp3) is 0.667. The zero-order valence-corrected chi connectivity index (χ0v) is 11.3. The molecule has 1 atom stereocenters. The summed E-state index contributed by atoms with van der Waals surface area (Å²) < 4.78 is 5.44. The van der Waals surface area contributed by atoms with Gasteiger partial charge in [0.05, 0.1) is 0 Å². The molecule has 0 bridgehead atoms. The molecule has 1 fully saturated rings. The molecule has 100 valence electrons. The SMILES string of the molecule is CCCNC(CC1CCOCC1)c1cccnc1. The summed E-state index contributed by atoms with van der Waals surface area (Å²) in [5.41, 5.74) is 1.32. The third kappa shape index (κ3) is 4.07. The van der Waals surface area contributed by atoms with Crippen molar-refractivity contribution in [2.45, 2.75) is 38.6 Å². The highest BCUT2D eigenvalue weighted by molar-refractivity contribution is 5.14. The second-order valence-electron chi connectivity index (χ2n) is 5.08. The van der Waals surface area contributed by atoms with Crippen LogP contribution in [0.1, 0.15) is 44.2 Å². The standard InChI is InChI=1S/C15H24N2O/c1-2-7-17-15(14-4-3-8-16-12-14)11-13-5-9-18-10-6-13/h3-4,8,12-13,15,17H,2,5-7,9-11H2,1H3. The minimum atomic E-state index is 0.446. The van der Waals surface area contributed by atoms with Gasteiger partial charge in [-0.05, 0) is 49.8 Å². The first-order valence-electron chi connectivity index (χ1n) is 7.11. The van der Waals surface area contributed by atoms with E-state index in [4.69, 9.17) is 4.74 Å². The summed E-state index contributed by atoms with van der Waals surface area (Å²) in [5, 5.41) is 3.65. The topological polar surface area (TPSA) is 34.1 Å². The van der Waals surface area contributed by atoms with Crippen LogP contribution in [0.25, 0.3) is 0 Å². The molecule has 0 radical (unpaired) electrons. The van der Waals surface area contributed by atoms with Gasteiger partial charge in [-0.1, -0.05) is 13.0 Å². The summed E-state index contributed by atoms with van der Waals surface area (Å²) in [6, 6.07) is 4.65. The molecule has 2 rings (SSSR count). The Bertz CT molecular complexity index is 323. The molecule has 3 nitrogen and oxygen atoms in total. The monoisotopic (exact) mass is 248 g/mol. The summed E-state index contributed by atoms with van der Waals surface area (Å²) in [5.74, 6) is 0.785. The molecule has 1 N–H and O–H groups in total. The van der Waals surface area contributed by atoms with E-state index in [2.05, 4.69) is 23.3 Å². The second-order valence-corrected chi connectivity index (χ2v) is 5.08.